The molecule has 4 nitrogen and oxygen atoms in total. The highest BCUT2D eigenvalue weighted by Gasteiger charge is 2.23. The minimum atomic E-state index is -0.826. The van der Waals surface area contributed by atoms with Crippen molar-refractivity contribution in [1.29, 1.82) is 0 Å². The van der Waals surface area contributed by atoms with E-state index in [9.17, 15) is 9.00 Å². The summed E-state index contributed by atoms with van der Waals surface area (Å²) in [6, 6.07) is 9.31. The molecule has 0 spiro atoms. The van der Waals surface area contributed by atoms with Gasteiger partial charge in [0.1, 0.15) is 0 Å². The van der Waals surface area contributed by atoms with Gasteiger partial charge in [0.15, 0.2) is 0 Å². The van der Waals surface area contributed by atoms with Crippen LogP contribution in [0, 0.1) is 5.92 Å². The van der Waals surface area contributed by atoms with Gasteiger partial charge >= 0.3 is 0 Å². The first-order chi connectivity index (χ1) is 9.41. The van der Waals surface area contributed by atoms with Gasteiger partial charge in [0, 0.05) is 34.9 Å². The topological polar surface area (TPSA) is 72.2 Å². The van der Waals surface area contributed by atoms with Crippen LogP contribution in [0.4, 0.5) is 0 Å². The zero-order chi connectivity index (χ0) is 15.1. The first kappa shape index (κ1) is 16.9. The summed E-state index contributed by atoms with van der Waals surface area (Å²) >= 11 is 0. The first-order valence-corrected chi connectivity index (χ1v) is 8.55. The standard InChI is InChI=1S/C15H24N2O2S/c1-11(9-10-20(3)19)17-15(18)12(2)14(16)13-7-5-4-6-8-13/h4-8,11-12,14H,9-10,16H2,1-3H3,(H,17,18). The van der Waals surface area contributed by atoms with Crippen LogP contribution in [0.2, 0.25) is 0 Å². The van der Waals surface area contributed by atoms with E-state index in [-0.39, 0.29) is 23.9 Å². The molecule has 1 amide bonds. The lowest BCUT2D eigenvalue weighted by Gasteiger charge is -2.22. The van der Waals surface area contributed by atoms with E-state index in [0.717, 1.165) is 5.56 Å². The fourth-order valence-electron chi connectivity index (χ4n) is 1.92. The number of benzene rings is 1. The number of nitrogens with one attached hydrogen (secondary N) is 1. The van der Waals surface area contributed by atoms with Crippen molar-refractivity contribution in [2.45, 2.75) is 32.4 Å². The monoisotopic (exact) mass is 296 g/mol. The zero-order valence-electron chi connectivity index (χ0n) is 12.3. The van der Waals surface area contributed by atoms with Gasteiger partial charge in [0.25, 0.3) is 0 Å². The molecule has 1 aromatic rings. The second-order valence-electron chi connectivity index (χ2n) is 5.20. The lowest BCUT2D eigenvalue weighted by molar-refractivity contribution is -0.125. The summed E-state index contributed by atoms with van der Waals surface area (Å²) in [5.74, 6) is 0.239. The molecular weight excluding hydrogens is 272 g/mol. The van der Waals surface area contributed by atoms with Crippen LogP contribution in [0.1, 0.15) is 31.9 Å². The van der Waals surface area contributed by atoms with E-state index in [4.69, 9.17) is 5.73 Å². The molecule has 1 rings (SSSR count). The quantitative estimate of drug-likeness (QED) is 0.802. The molecule has 0 radical (unpaired) electrons. The smallest absolute Gasteiger partial charge is 0.224 e. The molecule has 5 heteroatoms. The predicted octanol–water partition coefficient (Wildman–Crippen LogP) is 1.60. The molecule has 3 N–H and O–H groups in total. The van der Waals surface area contributed by atoms with Crippen molar-refractivity contribution in [3.63, 3.8) is 0 Å². The van der Waals surface area contributed by atoms with Crippen molar-refractivity contribution in [3.8, 4) is 0 Å². The molecule has 0 aliphatic carbocycles. The number of nitrogens with two attached hydrogens (primary N) is 1. The highest BCUT2D eigenvalue weighted by Crippen LogP contribution is 2.19. The number of hydrogen-bond donors (Lipinski definition) is 2. The van der Waals surface area contributed by atoms with Crippen LogP contribution in [0.5, 0.6) is 0 Å². The second kappa shape index (κ2) is 8.17. The Hall–Kier alpha value is -1.20. The van der Waals surface area contributed by atoms with E-state index in [0.29, 0.717) is 12.2 Å². The van der Waals surface area contributed by atoms with Crippen LogP contribution in [0.3, 0.4) is 0 Å². The molecule has 4 atom stereocenters. The van der Waals surface area contributed by atoms with Crippen molar-refractivity contribution < 1.29 is 9.00 Å². The van der Waals surface area contributed by atoms with E-state index < -0.39 is 10.8 Å². The van der Waals surface area contributed by atoms with Crippen molar-refractivity contribution >= 4 is 16.7 Å². The van der Waals surface area contributed by atoms with Crippen LogP contribution in [0.15, 0.2) is 30.3 Å². The number of carbonyl (C=O) groups excluding carboxylic acids is 1. The lowest BCUT2D eigenvalue weighted by Crippen LogP contribution is -2.40. The SMILES string of the molecule is CC(CCS(C)=O)NC(=O)C(C)C(N)c1ccccc1. The Balaban J connectivity index is 2.52. The molecule has 0 saturated heterocycles. The zero-order valence-corrected chi connectivity index (χ0v) is 13.2. The highest BCUT2D eigenvalue weighted by molar-refractivity contribution is 7.84. The van der Waals surface area contributed by atoms with Crippen molar-refractivity contribution in [1.82, 2.24) is 5.32 Å². The maximum atomic E-state index is 12.1. The molecule has 0 aromatic heterocycles. The van der Waals surface area contributed by atoms with E-state index in [2.05, 4.69) is 5.32 Å². The molecule has 0 saturated carbocycles. The van der Waals surface area contributed by atoms with E-state index in [1.165, 1.54) is 0 Å². The number of amides is 1. The minimum Gasteiger partial charge on any atom is -0.353 e. The summed E-state index contributed by atoms with van der Waals surface area (Å²) in [5.41, 5.74) is 7.08. The van der Waals surface area contributed by atoms with Gasteiger partial charge in [-0.05, 0) is 18.9 Å². The van der Waals surface area contributed by atoms with Gasteiger partial charge in [-0.1, -0.05) is 37.3 Å². The van der Waals surface area contributed by atoms with Crippen LogP contribution in [-0.4, -0.2) is 28.2 Å². The van der Waals surface area contributed by atoms with Crippen molar-refractivity contribution in [2.75, 3.05) is 12.0 Å². The third-order valence-electron chi connectivity index (χ3n) is 3.36. The molecule has 0 bridgehead atoms. The molecule has 1 aromatic carbocycles. The average molecular weight is 296 g/mol. The molecule has 0 fully saturated rings. The molecular formula is C15H24N2O2S. The maximum Gasteiger partial charge on any atom is 0.224 e. The third kappa shape index (κ3) is 5.43. The van der Waals surface area contributed by atoms with E-state index in [1.807, 2.05) is 44.2 Å². The Morgan fingerprint density at radius 3 is 2.45 bits per heavy atom. The van der Waals surface area contributed by atoms with Crippen LogP contribution < -0.4 is 11.1 Å². The third-order valence-corrected chi connectivity index (χ3v) is 4.17. The van der Waals surface area contributed by atoms with Crippen molar-refractivity contribution in [3.05, 3.63) is 35.9 Å². The molecule has 0 aliphatic heterocycles. The summed E-state index contributed by atoms with van der Waals surface area (Å²) < 4.78 is 11.0. The van der Waals surface area contributed by atoms with Gasteiger partial charge in [-0.25, -0.2) is 0 Å². The minimum absolute atomic E-state index is 0.0109. The Labute approximate surface area is 123 Å². The Kier molecular flexibility index (Phi) is 6.88. The van der Waals surface area contributed by atoms with Gasteiger partial charge < -0.3 is 11.1 Å². The van der Waals surface area contributed by atoms with Gasteiger partial charge in [-0.15, -0.1) is 0 Å². The lowest BCUT2D eigenvalue weighted by atomic mass is 9.94. The normalized spacial score (nSPS) is 17.0. The largest absolute Gasteiger partial charge is 0.353 e. The number of rotatable bonds is 7. The number of hydrogen-bond acceptors (Lipinski definition) is 3. The van der Waals surface area contributed by atoms with E-state index in [1.54, 1.807) is 6.26 Å². The van der Waals surface area contributed by atoms with Gasteiger partial charge in [0.2, 0.25) is 5.91 Å². The van der Waals surface area contributed by atoms with Crippen LogP contribution in [0.25, 0.3) is 0 Å². The summed E-state index contributed by atoms with van der Waals surface area (Å²) in [6.07, 6.45) is 2.38. The van der Waals surface area contributed by atoms with Crippen LogP contribution >= 0.6 is 0 Å². The fourth-order valence-corrected chi connectivity index (χ4v) is 2.60. The summed E-state index contributed by atoms with van der Waals surface area (Å²) in [5, 5.41) is 2.93. The van der Waals surface area contributed by atoms with Gasteiger partial charge in [-0.3, -0.25) is 9.00 Å². The Bertz CT molecular complexity index is 450. The molecule has 0 heterocycles. The predicted molar refractivity (Wildman–Crippen MR) is 83.7 cm³/mol. The Morgan fingerprint density at radius 1 is 1.30 bits per heavy atom. The molecule has 4 unspecified atom stereocenters. The number of carbonyl (C=O) groups is 1. The first-order valence-electron chi connectivity index (χ1n) is 6.82. The maximum absolute atomic E-state index is 12.1. The van der Waals surface area contributed by atoms with Crippen LogP contribution in [-0.2, 0) is 15.6 Å². The molecule has 0 aliphatic rings. The van der Waals surface area contributed by atoms with Gasteiger partial charge in [0.05, 0.1) is 5.92 Å². The molecule has 112 valence electrons. The second-order valence-corrected chi connectivity index (χ2v) is 6.76. The van der Waals surface area contributed by atoms with Crippen molar-refractivity contribution in [2.24, 2.45) is 11.7 Å². The fraction of sp³-hybridized carbons (Fsp3) is 0.533. The summed E-state index contributed by atoms with van der Waals surface area (Å²) in [6.45, 7) is 3.75. The van der Waals surface area contributed by atoms with Gasteiger partial charge in [-0.2, -0.15) is 0 Å². The summed E-state index contributed by atoms with van der Waals surface area (Å²) in [7, 11) is -0.826. The summed E-state index contributed by atoms with van der Waals surface area (Å²) in [4.78, 5) is 12.1. The highest BCUT2D eigenvalue weighted by atomic mass is 32.2. The average Bonchev–Trinajstić information content (AvgIpc) is 2.44. The van der Waals surface area contributed by atoms with E-state index >= 15 is 0 Å². The Morgan fingerprint density at radius 2 is 1.90 bits per heavy atom. The molecule has 20 heavy (non-hydrogen) atoms.